The second-order valence-corrected chi connectivity index (χ2v) is 5.71. The highest BCUT2D eigenvalue weighted by atomic mass is 15.2. The number of benzene rings is 1. The summed E-state index contributed by atoms with van der Waals surface area (Å²) in [7, 11) is 0. The molecule has 5 nitrogen and oxygen atoms in total. The van der Waals surface area contributed by atoms with Crippen molar-refractivity contribution in [3.05, 3.63) is 72.2 Å². The van der Waals surface area contributed by atoms with Crippen molar-refractivity contribution in [2.75, 3.05) is 5.32 Å². The molecule has 4 rings (SSSR count). The molecule has 0 amide bonds. The fraction of sp³-hybridized carbons (Fsp3) is 0.105. The van der Waals surface area contributed by atoms with Gasteiger partial charge in [0.15, 0.2) is 0 Å². The van der Waals surface area contributed by atoms with Gasteiger partial charge in [-0.05, 0) is 43.2 Å². The number of nitrogens with zero attached hydrogens (tertiary/aromatic N) is 4. The third-order valence-corrected chi connectivity index (χ3v) is 4.04. The van der Waals surface area contributed by atoms with Crippen LogP contribution in [0.3, 0.4) is 0 Å². The second-order valence-electron chi connectivity index (χ2n) is 5.71. The molecule has 1 N–H and O–H groups in total. The van der Waals surface area contributed by atoms with Crippen LogP contribution in [-0.4, -0.2) is 19.4 Å². The van der Waals surface area contributed by atoms with Gasteiger partial charge >= 0.3 is 0 Å². The minimum Gasteiger partial charge on any atom is -0.339 e. The van der Waals surface area contributed by atoms with Gasteiger partial charge in [0.25, 0.3) is 0 Å². The van der Waals surface area contributed by atoms with Crippen LogP contribution in [0.5, 0.6) is 0 Å². The van der Waals surface area contributed by atoms with Crippen LogP contribution in [0.1, 0.15) is 11.1 Å². The lowest BCUT2D eigenvalue weighted by Crippen LogP contribution is -2.01. The molecule has 0 fully saturated rings. The van der Waals surface area contributed by atoms with E-state index in [1.165, 1.54) is 11.1 Å². The number of fused-ring (bicyclic) bond motifs is 1. The van der Waals surface area contributed by atoms with E-state index in [2.05, 4.69) is 52.3 Å². The van der Waals surface area contributed by atoms with Crippen LogP contribution in [0.25, 0.3) is 17.2 Å². The first-order chi connectivity index (χ1) is 11.7. The normalized spacial score (nSPS) is 10.9. The van der Waals surface area contributed by atoms with E-state index >= 15 is 0 Å². The number of para-hydroxylation sites is 1. The molecule has 1 aromatic carbocycles. The molecular formula is C19H17N5. The molecule has 0 bridgehead atoms. The first kappa shape index (κ1) is 14.4. The zero-order valence-corrected chi connectivity index (χ0v) is 13.6. The standard InChI is InChI=1S/C19H17N5/c1-13-7-5-8-14(2)16(13)22-18-17(15-9-3-4-10-20-15)23-19-21-11-6-12-24(18)19/h3-12,22H,1-2H3. The van der Waals surface area contributed by atoms with E-state index in [4.69, 9.17) is 0 Å². The Morgan fingerprint density at radius 1 is 0.875 bits per heavy atom. The molecule has 3 heterocycles. The van der Waals surface area contributed by atoms with Crippen LogP contribution in [-0.2, 0) is 0 Å². The van der Waals surface area contributed by atoms with Crippen LogP contribution < -0.4 is 5.32 Å². The van der Waals surface area contributed by atoms with Crippen molar-refractivity contribution in [3.63, 3.8) is 0 Å². The van der Waals surface area contributed by atoms with Gasteiger partial charge in [-0.3, -0.25) is 9.38 Å². The maximum absolute atomic E-state index is 4.67. The van der Waals surface area contributed by atoms with E-state index < -0.39 is 0 Å². The van der Waals surface area contributed by atoms with Crippen molar-refractivity contribution in [1.29, 1.82) is 0 Å². The number of nitrogens with one attached hydrogen (secondary N) is 1. The molecule has 0 atom stereocenters. The molecule has 0 aliphatic carbocycles. The largest absolute Gasteiger partial charge is 0.339 e. The zero-order chi connectivity index (χ0) is 16.5. The van der Waals surface area contributed by atoms with E-state index in [1.807, 2.05) is 34.9 Å². The number of anilines is 2. The summed E-state index contributed by atoms with van der Waals surface area (Å²) in [6.45, 7) is 4.19. The lowest BCUT2D eigenvalue weighted by molar-refractivity contribution is 1.11. The maximum atomic E-state index is 4.67. The van der Waals surface area contributed by atoms with Gasteiger partial charge in [0.05, 0.1) is 5.69 Å². The highest BCUT2D eigenvalue weighted by Gasteiger charge is 2.17. The molecule has 0 aliphatic heterocycles. The Hall–Kier alpha value is -3.21. The van der Waals surface area contributed by atoms with Crippen molar-refractivity contribution in [3.8, 4) is 11.4 Å². The SMILES string of the molecule is Cc1cccc(C)c1Nc1c(-c2ccccn2)nc2ncccn12. The Balaban J connectivity index is 1.93. The summed E-state index contributed by atoms with van der Waals surface area (Å²) in [5.41, 5.74) is 5.05. The average Bonchev–Trinajstić information content (AvgIpc) is 2.98. The fourth-order valence-corrected chi connectivity index (χ4v) is 2.82. The summed E-state index contributed by atoms with van der Waals surface area (Å²) in [4.78, 5) is 13.5. The summed E-state index contributed by atoms with van der Waals surface area (Å²) in [5, 5.41) is 3.55. The Morgan fingerprint density at radius 2 is 1.67 bits per heavy atom. The van der Waals surface area contributed by atoms with Crippen molar-refractivity contribution < 1.29 is 0 Å². The topological polar surface area (TPSA) is 55.1 Å². The molecule has 0 spiro atoms. The van der Waals surface area contributed by atoms with Gasteiger partial charge in [0, 0.05) is 24.3 Å². The predicted octanol–water partition coefficient (Wildman–Crippen LogP) is 4.15. The smallest absolute Gasteiger partial charge is 0.236 e. The summed E-state index contributed by atoms with van der Waals surface area (Å²) < 4.78 is 1.95. The Morgan fingerprint density at radius 3 is 2.42 bits per heavy atom. The van der Waals surface area contributed by atoms with Crippen molar-refractivity contribution in [2.24, 2.45) is 0 Å². The molecule has 4 aromatic rings. The Bertz CT molecular complexity index is 985. The van der Waals surface area contributed by atoms with Gasteiger partial charge in [-0.25, -0.2) is 9.97 Å². The molecule has 118 valence electrons. The summed E-state index contributed by atoms with van der Waals surface area (Å²) >= 11 is 0. The van der Waals surface area contributed by atoms with Gasteiger partial charge in [-0.1, -0.05) is 24.3 Å². The predicted molar refractivity (Wildman–Crippen MR) is 95.4 cm³/mol. The molecule has 5 heteroatoms. The quantitative estimate of drug-likeness (QED) is 0.617. The first-order valence-corrected chi connectivity index (χ1v) is 7.82. The fourth-order valence-electron chi connectivity index (χ4n) is 2.82. The summed E-state index contributed by atoms with van der Waals surface area (Å²) in [6.07, 6.45) is 5.47. The molecule has 0 unspecified atom stereocenters. The highest BCUT2D eigenvalue weighted by Crippen LogP contribution is 2.31. The summed E-state index contributed by atoms with van der Waals surface area (Å²) in [5.74, 6) is 1.51. The van der Waals surface area contributed by atoms with Gasteiger partial charge < -0.3 is 5.32 Å². The van der Waals surface area contributed by atoms with Crippen LogP contribution >= 0.6 is 0 Å². The number of imidazole rings is 1. The van der Waals surface area contributed by atoms with E-state index in [1.54, 1.807) is 12.4 Å². The highest BCUT2D eigenvalue weighted by molar-refractivity contribution is 5.78. The molecule has 0 aliphatic rings. The number of aryl methyl sites for hydroxylation is 2. The van der Waals surface area contributed by atoms with Gasteiger partial charge in [0.1, 0.15) is 11.5 Å². The van der Waals surface area contributed by atoms with Gasteiger partial charge in [-0.15, -0.1) is 0 Å². The van der Waals surface area contributed by atoms with Crippen LogP contribution in [0.2, 0.25) is 0 Å². The molecule has 24 heavy (non-hydrogen) atoms. The Labute approximate surface area is 140 Å². The molecular weight excluding hydrogens is 298 g/mol. The zero-order valence-electron chi connectivity index (χ0n) is 13.6. The van der Waals surface area contributed by atoms with Crippen LogP contribution in [0, 0.1) is 13.8 Å². The summed E-state index contributed by atoms with van der Waals surface area (Å²) in [6, 6.07) is 14.0. The van der Waals surface area contributed by atoms with Gasteiger partial charge in [-0.2, -0.15) is 0 Å². The van der Waals surface area contributed by atoms with E-state index in [9.17, 15) is 0 Å². The number of pyridine rings is 1. The average molecular weight is 315 g/mol. The first-order valence-electron chi connectivity index (χ1n) is 7.82. The molecule has 0 radical (unpaired) electrons. The number of hydrogen-bond acceptors (Lipinski definition) is 4. The maximum Gasteiger partial charge on any atom is 0.236 e. The van der Waals surface area contributed by atoms with Crippen molar-refractivity contribution in [1.82, 2.24) is 19.4 Å². The Kier molecular flexibility index (Phi) is 3.46. The monoisotopic (exact) mass is 315 g/mol. The second kappa shape index (κ2) is 5.77. The minimum absolute atomic E-state index is 0.645. The number of rotatable bonds is 3. The van der Waals surface area contributed by atoms with E-state index in [-0.39, 0.29) is 0 Å². The van der Waals surface area contributed by atoms with Crippen LogP contribution in [0.15, 0.2) is 61.1 Å². The lowest BCUT2D eigenvalue weighted by atomic mass is 10.1. The third kappa shape index (κ3) is 2.40. The van der Waals surface area contributed by atoms with Crippen molar-refractivity contribution >= 4 is 17.3 Å². The molecule has 3 aromatic heterocycles. The minimum atomic E-state index is 0.645. The van der Waals surface area contributed by atoms with Crippen molar-refractivity contribution in [2.45, 2.75) is 13.8 Å². The molecule has 0 saturated carbocycles. The third-order valence-electron chi connectivity index (χ3n) is 4.04. The number of aromatic nitrogens is 4. The van der Waals surface area contributed by atoms with E-state index in [0.29, 0.717) is 5.78 Å². The molecule has 0 saturated heterocycles. The van der Waals surface area contributed by atoms with E-state index in [0.717, 1.165) is 22.9 Å². The number of hydrogen-bond donors (Lipinski definition) is 1. The lowest BCUT2D eigenvalue weighted by Gasteiger charge is -2.13. The van der Waals surface area contributed by atoms with Gasteiger partial charge in [0.2, 0.25) is 5.78 Å². The van der Waals surface area contributed by atoms with Crippen LogP contribution in [0.4, 0.5) is 11.5 Å².